The van der Waals surface area contributed by atoms with E-state index in [1.54, 1.807) is 19.1 Å². The molecule has 0 aromatic heterocycles. The lowest BCUT2D eigenvalue weighted by molar-refractivity contribution is -0.385. The summed E-state index contributed by atoms with van der Waals surface area (Å²) < 4.78 is 0. The molecule has 21 heavy (non-hydrogen) atoms. The van der Waals surface area contributed by atoms with Gasteiger partial charge in [-0.25, -0.2) is 0 Å². The quantitative estimate of drug-likeness (QED) is 0.494. The number of piperidine rings is 1. The topological polar surface area (TPSA) is 58.4 Å². The van der Waals surface area contributed by atoms with Gasteiger partial charge < -0.3 is 10.2 Å². The van der Waals surface area contributed by atoms with Crippen LogP contribution in [0.5, 0.6) is 0 Å². The molecule has 1 N–H and O–H groups in total. The summed E-state index contributed by atoms with van der Waals surface area (Å²) in [6, 6.07) is 6.02. The second-order valence-electron chi connectivity index (χ2n) is 5.92. The molecule has 1 heterocycles. The third-order valence-corrected chi connectivity index (χ3v) is 4.30. The summed E-state index contributed by atoms with van der Waals surface area (Å²) in [4.78, 5) is 13.1. The second kappa shape index (κ2) is 7.41. The highest BCUT2D eigenvalue weighted by molar-refractivity contribution is 5.54. The van der Waals surface area contributed by atoms with Crippen molar-refractivity contribution in [3.8, 4) is 0 Å². The Morgan fingerprint density at radius 3 is 2.95 bits per heavy atom. The minimum absolute atomic E-state index is 0.185. The van der Waals surface area contributed by atoms with E-state index >= 15 is 0 Å². The minimum Gasteiger partial charge on any atom is -0.385 e. The summed E-state index contributed by atoms with van der Waals surface area (Å²) in [5.74, 6) is 0. The highest BCUT2D eigenvalue weighted by atomic mass is 16.6. The number of anilines is 1. The molecule has 116 valence electrons. The molecule has 1 aliphatic heterocycles. The van der Waals surface area contributed by atoms with Crippen molar-refractivity contribution in [1.29, 1.82) is 0 Å². The molecule has 1 saturated heterocycles. The van der Waals surface area contributed by atoms with Crippen LogP contribution in [0, 0.1) is 17.0 Å². The SMILES string of the molecule is Cc1ccc(NCCCN2CCCCC2C)cc1[N+](=O)[O-]. The zero-order chi connectivity index (χ0) is 15.2. The van der Waals surface area contributed by atoms with E-state index in [0.29, 0.717) is 11.6 Å². The van der Waals surface area contributed by atoms with E-state index in [-0.39, 0.29) is 10.6 Å². The Bertz CT molecular complexity index is 490. The lowest BCUT2D eigenvalue weighted by Crippen LogP contribution is -2.38. The number of benzene rings is 1. The number of likely N-dealkylation sites (tertiary alicyclic amines) is 1. The summed E-state index contributed by atoms with van der Waals surface area (Å²) in [5, 5.41) is 14.2. The first-order valence-corrected chi connectivity index (χ1v) is 7.81. The van der Waals surface area contributed by atoms with Gasteiger partial charge in [-0.15, -0.1) is 0 Å². The van der Waals surface area contributed by atoms with Crippen LogP contribution in [0.4, 0.5) is 11.4 Å². The van der Waals surface area contributed by atoms with Crippen LogP contribution in [-0.4, -0.2) is 35.5 Å². The molecule has 1 aromatic carbocycles. The molecule has 1 aliphatic rings. The van der Waals surface area contributed by atoms with Crippen molar-refractivity contribution in [3.05, 3.63) is 33.9 Å². The first-order valence-electron chi connectivity index (χ1n) is 7.81. The van der Waals surface area contributed by atoms with Crippen LogP contribution in [0.3, 0.4) is 0 Å². The monoisotopic (exact) mass is 291 g/mol. The lowest BCUT2D eigenvalue weighted by atomic mass is 10.0. The van der Waals surface area contributed by atoms with Crippen molar-refractivity contribution >= 4 is 11.4 Å². The van der Waals surface area contributed by atoms with Gasteiger partial charge in [0.1, 0.15) is 0 Å². The zero-order valence-electron chi connectivity index (χ0n) is 13.0. The number of hydrogen-bond acceptors (Lipinski definition) is 4. The van der Waals surface area contributed by atoms with Gasteiger partial charge in [0.05, 0.1) is 4.92 Å². The van der Waals surface area contributed by atoms with E-state index in [9.17, 15) is 10.1 Å². The van der Waals surface area contributed by atoms with Crippen molar-refractivity contribution in [2.24, 2.45) is 0 Å². The van der Waals surface area contributed by atoms with Crippen molar-refractivity contribution in [1.82, 2.24) is 4.90 Å². The average Bonchev–Trinajstić information content (AvgIpc) is 2.46. The Hall–Kier alpha value is -1.62. The molecule has 1 atom stereocenters. The molecule has 0 saturated carbocycles. The summed E-state index contributed by atoms with van der Waals surface area (Å²) in [7, 11) is 0. The molecule has 1 unspecified atom stereocenters. The number of rotatable bonds is 6. The van der Waals surface area contributed by atoms with Gasteiger partial charge in [-0.1, -0.05) is 12.5 Å². The summed E-state index contributed by atoms with van der Waals surface area (Å²) in [5.41, 5.74) is 1.72. The van der Waals surface area contributed by atoms with Gasteiger partial charge in [0.2, 0.25) is 0 Å². The number of nitrogens with one attached hydrogen (secondary N) is 1. The molecule has 0 radical (unpaired) electrons. The molecule has 1 fully saturated rings. The van der Waals surface area contributed by atoms with Crippen molar-refractivity contribution in [2.45, 2.75) is 45.6 Å². The minimum atomic E-state index is -0.323. The van der Waals surface area contributed by atoms with Crippen molar-refractivity contribution in [2.75, 3.05) is 25.0 Å². The Balaban J connectivity index is 1.78. The number of nitro benzene ring substituents is 1. The Morgan fingerprint density at radius 2 is 2.24 bits per heavy atom. The molecule has 1 aromatic rings. The number of nitro groups is 1. The maximum Gasteiger partial charge on any atom is 0.274 e. The lowest BCUT2D eigenvalue weighted by Gasteiger charge is -2.33. The third-order valence-electron chi connectivity index (χ3n) is 4.30. The molecular weight excluding hydrogens is 266 g/mol. The maximum absolute atomic E-state index is 10.9. The van der Waals surface area contributed by atoms with Gasteiger partial charge in [0.25, 0.3) is 5.69 Å². The van der Waals surface area contributed by atoms with Crippen LogP contribution in [0.2, 0.25) is 0 Å². The Labute approximate surface area is 126 Å². The van der Waals surface area contributed by atoms with Gasteiger partial charge in [0.15, 0.2) is 0 Å². The van der Waals surface area contributed by atoms with E-state index in [4.69, 9.17) is 0 Å². The number of nitrogens with zero attached hydrogens (tertiary/aromatic N) is 2. The molecule has 0 aliphatic carbocycles. The smallest absolute Gasteiger partial charge is 0.274 e. The normalized spacial score (nSPS) is 19.4. The fraction of sp³-hybridized carbons (Fsp3) is 0.625. The van der Waals surface area contributed by atoms with Crippen LogP contribution in [0.15, 0.2) is 18.2 Å². The standard InChI is InChI=1S/C16H25N3O2/c1-13-7-8-15(12-16(13)19(20)21)17-9-5-11-18-10-4-3-6-14(18)2/h7-8,12,14,17H,3-6,9-11H2,1-2H3. The number of hydrogen-bond donors (Lipinski definition) is 1. The van der Waals surface area contributed by atoms with Crippen LogP contribution < -0.4 is 5.32 Å². The molecular formula is C16H25N3O2. The van der Waals surface area contributed by atoms with Crippen LogP contribution >= 0.6 is 0 Å². The summed E-state index contributed by atoms with van der Waals surface area (Å²) in [6.07, 6.45) is 5.02. The van der Waals surface area contributed by atoms with Crippen molar-refractivity contribution in [3.63, 3.8) is 0 Å². The number of aryl methyl sites for hydroxylation is 1. The molecule has 5 nitrogen and oxygen atoms in total. The van der Waals surface area contributed by atoms with Gasteiger partial charge in [-0.3, -0.25) is 10.1 Å². The van der Waals surface area contributed by atoms with Crippen LogP contribution in [0.1, 0.15) is 38.2 Å². The second-order valence-corrected chi connectivity index (χ2v) is 5.92. The van der Waals surface area contributed by atoms with E-state index < -0.39 is 0 Å². The van der Waals surface area contributed by atoms with E-state index in [0.717, 1.165) is 25.2 Å². The predicted molar refractivity (Wildman–Crippen MR) is 85.8 cm³/mol. The predicted octanol–water partition coefficient (Wildman–Crippen LogP) is 3.58. The summed E-state index contributed by atoms with van der Waals surface area (Å²) in [6.45, 7) is 7.22. The first kappa shape index (κ1) is 15.8. The zero-order valence-corrected chi connectivity index (χ0v) is 13.0. The molecule has 2 rings (SSSR count). The highest BCUT2D eigenvalue weighted by Gasteiger charge is 2.17. The van der Waals surface area contributed by atoms with Gasteiger partial charge in [-0.2, -0.15) is 0 Å². The summed E-state index contributed by atoms with van der Waals surface area (Å²) >= 11 is 0. The van der Waals surface area contributed by atoms with Crippen LogP contribution in [-0.2, 0) is 0 Å². The average molecular weight is 291 g/mol. The van der Waals surface area contributed by atoms with Gasteiger partial charge in [0, 0.05) is 36.4 Å². The Morgan fingerprint density at radius 1 is 1.43 bits per heavy atom. The molecule has 0 spiro atoms. The van der Waals surface area contributed by atoms with E-state index in [2.05, 4.69) is 17.1 Å². The third kappa shape index (κ3) is 4.43. The molecule has 5 heteroatoms. The molecule has 0 bridgehead atoms. The van der Waals surface area contributed by atoms with Gasteiger partial charge >= 0.3 is 0 Å². The van der Waals surface area contributed by atoms with Gasteiger partial charge in [-0.05, 0) is 45.7 Å². The highest BCUT2D eigenvalue weighted by Crippen LogP contribution is 2.22. The molecule has 0 amide bonds. The maximum atomic E-state index is 10.9. The fourth-order valence-electron chi connectivity index (χ4n) is 2.92. The van der Waals surface area contributed by atoms with Crippen molar-refractivity contribution < 1.29 is 4.92 Å². The van der Waals surface area contributed by atoms with Crippen LogP contribution in [0.25, 0.3) is 0 Å². The Kier molecular flexibility index (Phi) is 5.56. The van der Waals surface area contributed by atoms with E-state index in [1.165, 1.54) is 25.8 Å². The van der Waals surface area contributed by atoms with E-state index in [1.807, 2.05) is 6.07 Å². The largest absolute Gasteiger partial charge is 0.385 e. The first-order chi connectivity index (χ1) is 10.1. The fourth-order valence-corrected chi connectivity index (χ4v) is 2.92.